The number of aromatic nitrogens is 2. The summed E-state index contributed by atoms with van der Waals surface area (Å²) < 4.78 is 4.36. The van der Waals surface area contributed by atoms with Crippen LogP contribution in [0.3, 0.4) is 0 Å². The van der Waals surface area contributed by atoms with Crippen molar-refractivity contribution < 1.29 is 29.0 Å². The molecule has 12 nitrogen and oxygen atoms in total. The van der Waals surface area contributed by atoms with Crippen molar-refractivity contribution in [2.24, 2.45) is 0 Å². The topological polar surface area (TPSA) is 173 Å². The number of rotatable bonds is 6. The first-order valence-corrected chi connectivity index (χ1v) is 7.47. The minimum absolute atomic E-state index is 0.0581. The average molecular weight is 384 g/mol. The third-order valence-corrected chi connectivity index (χ3v) is 3.72. The molecule has 0 aliphatic rings. The van der Waals surface area contributed by atoms with Crippen molar-refractivity contribution in [3.63, 3.8) is 0 Å². The van der Waals surface area contributed by atoms with Crippen molar-refractivity contribution in [1.82, 2.24) is 5.16 Å². The van der Waals surface area contributed by atoms with Gasteiger partial charge < -0.3 is 5.21 Å². The van der Waals surface area contributed by atoms with Gasteiger partial charge in [0.05, 0.1) is 15.0 Å². The SMILES string of the molecule is O=C(c1ccc([N+](=O)[O-])cc1)c1no[n+]([O-])c1C(=O)c1ccc([N+](=O)[O-])cc1. The molecule has 0 bridgehead atoms. The molecule has 1 aromatic heterocycles. The molecule has 0 saturated carbocycles. The second-order valence-electron chi connectivity index (χ2n) is 5.39. The van der Waals surface area contributed by atoms with Crippen LogP contribution in [0.4, 0.5) is 11.4 Å². The van der Waals surface area contributed by atoms with E-state index in [9.17, 15) is 35.0 Å². The van der Waals surface area contributed by atoms with Crippen molar-refractivity contribution in [2.45, 2.75) is 0 Å². The molecule has 3 aromatic rings. The smallest absolute Gasteiger partial charge is 0.300 e. The average Bonchev–Trinajstić information content (AvgIpc) is 3.08. The quantitative estimate of drug-likeness (QED) is 0.264. The summed E-state index contributed by atoms with van der Waals surface area (Å²) in [6, 6.07) is 8.81. The van der Waals surface area contributed by atoms with E-state index in [-0.39, 0.29) is 27.4 Å². The van der Waals surface area contributed by atoms with Crippen LogP contribution in [0.2, 0.25) is 0 Å². The van der Waals surface area contributed by atoms with Crippen LogP contribution in [-0.2, 0) is 0 Å². The fourth-order valence-corrected chi connectivity index (χ4v) is 2.33. The number of nitrogens with zero attached hydrogens (tertiary/aromatic N) is 4. The molecule has 0 N–H and O–H groups in total. The van der Waals surface area contributed by atoms with Gasteiger partial charge in [0.15, 0.2) is 0 Å². The van der Waals surface area contributed by atoms with Crippen LogP contribution in [0.15, 0.2) is 53.2 Å². The Morgan fingerprint density at radius 2 is 1.25 bits per heavy atom. The van der Waals surface area contributed by atoms with Gasteiger partial charge in [0.25, 0.3) is 22.8 Å². The number of hydrogen-bond acceptors (Lipinski definition) is 9. The molecule has 0 aliphatic heterocycles. The van der Waals surface area contributed by atoms with Gasteiger partial charge in [-0.1, -0.05) is 0 Å². The maximum atomic E-state index is 12.6. The molecule has 0 saturated heterocycles. The van der Waals surface area contributed by atoms with Crippen LogP contribution >= 0.6 is 0 Å². The molecule has 1 heterocycles. The van der Waals surface area contributed by atoms with E-state index in [1.54, 1.807) is 0 Å². The van der Waals surface area contributed by atoms with E-state index < -0.39 is 32.8 Å². The van der Waals surface area contributed by atoms with Crippen LogP contribution in [0.1, 0.15) is 32.1 Å². The fraction of sp³-hybridized carbons (Fsp3) is 0. The van der Waals surface area contributed by atoms with Crippen molar-refractivity contribution >= 4 is 22.9 Å². The zero-order valence-corrected chi connectivity index (χ0v) is 13.7. The summed E-state index contributed by atoms with van der Waals surface area (Å²) in [7, 11) is 0. The third kappa shape index (κ3) is 3.29. The van der Waals surface area contributed by atoms with Crippen molar-refractivity contribution in [2.75, 3.05) is 0 Å². The van der Waals surface area contributed by atoms with Crippen LogP contribution in [0, 0.1) is 25.4 Å². The van der Waals surface area contributed by atoms with E-state index in [1.165, 1.54) is 0 Å². The maximum absolute atomic E-state index is 12.6. The lowest BCUT2D eigenvalue weighted by Crippen LogP contribution is -2.32. The van der Waals surface area contributed by atoms with Crippen LogP contribution in [0.25, 0.3) is 0 Å². The van der Waals surface area contributed by atoms with E-state index in [0.717, 1.165) is 48.5 Å². The van der Waals surface area contributed by atoms with Gasteiger partial charge in [-0.3, -0.25) is 34.4 Å². The molecule has 140 valence electrons. The number of carbonyl (C=O) groups is 2. The number of nitro groups is 2. The summed E-state index contributed by atoms with van der Waals surface area (Å²) in [6.07, 6.45) is 0. The zero-order chi connectivity index (χ0) is 20.4. The summed E-state index contributed by atoms with van der Waals surface area (Å²) in [4.78, 5) is 44.9. The van der Waals surface area contributed by atoms with Gasteiger partial charge in [-0.15, -0.1) is 0 Å². The highest BCUT2D eigenvalue weighted by molar-refractivity contribution is 6.17. The standard InChI is InChI=1S/C16H8N4O8/c21-15(9-1-5-11(6-2-9)18(23)24)13-14(20(27)28-17-13)16(22)10-3-7-12(8-4-10)19(25)26/h1-8H. The Morgan fingerprint density at radius 1 is 0.821 bits per heavy atom. The molecule has 28 heavy (non-hydrogen) atoms. The number of benzene rings is 2. The predicted octanol–water partition coefficient (Wildman–Crippen LogP) is 1.59. The van der Waals surface area contributed by atoms with E-state index in [2.05, 4.69) is 9.79 Å². The Bertz CT molecular complexity index is 1100. The van der Waals surface area contributed by atoms with Gasteiger partial charge in [0.1, 0.15) is 0 Å². The van der Waals surface area contributed by atoms with Crippen molar-refractivity contribution in [3.05, 3.63) is 96.5 Å². The number of nitro benzene ring substituents is 2. The van der Waals surface area contributed by atoms with Gasteiger partial charge in [-0.25, -0.2) is 0 Å². The molecule has 0 fully saturated rings. The highest BCUT2D eigenvalue weighted by atomic mass is 16.8. The monoisotopic (exact) mass is 384 g/mol. The van der Waals surface area contributed by atoms with E-state index >= 15 is 0 Å². The van der Waals surface area contributed by atoms with Gasteiger partial charge in [0, 0.05) is 35.4 Å². The summed E-state index contributed by atoms with van der Waals surface area (Å²) in [5.41, 5.74) is -1.98. The third-order valence-electron chi connectivity index (χ3n) is 3.72. The Morgan fingerprint density at radius 3 is 1.68 bits per heavy atom. The van der Waals surface area contributed by atoms with Crippen LogP contribution < -0.4 is 4.90 Å². The molecule has 0 unspecified atom stereocenters. The molecule has 0 aliphatic carbocycles. The Kier molecular flexibility index (Phi) is 4.60. The molecule has 12 heteroatoms. The predicted molar refractivity (Wildman–Crippen MR) is 88.5 cm³/mol. The van der Waals surface area contributed by atoms with Gasteiger partial charge >= 0.3 is 0 Å². The summed E-state index contributed by atoms with van der Waals surface area (Å²) in [6.45, 7) is 0. The van der Waals surface area contributed by atoms with Gasteiger partial charge in [-0.05, 0) is 29.2 Å². The summed E-state index contributed by atoms with van der Waals surface area (Å²) in [5, 5.41) is 36.5. The second kappa shape index (κ2) is 7.03. The summed E-state index contributed by atoms with van der Waals surface area (Å²) in [5.74, 6) is -1.80. The Hall–Kier alpha value is -4.48. The molecule has 0 amide bonds. The lowest BCUT2D eigenvalue weighted by molar-refractivity contribution is -0.803. The largest absolute Gasteiger partial charge is 0.359 e. The van der Waals surface area contributed by atoms with Crippen LogP contribution in [0.5, 0.6) is 0 Å². The normalized spacial score (nSPS) is 10.4. The molecule has 0 radical (unpaired) electrons. The minimum atomic E-state index is -0.934. The highest BCUT2D eigenvalue weighted by Gasteiger charge is 2.33. The van der Waals surface area contributed by atoms with Gasteiger partial charge in [0.2, 0.25) is 11.6 Å². The second-order valence-corrected chi connectivity index (χ2v) is 5.39. The van der Waals surface area contributed by atoms with Crippen molar-refractivity contribution in [1.29, 1.82) is 0 Å². The number of ketones is 2. The van der Waals surface area contributed by atoms with Gasteiger partial charge in [-0.2, -0.15) is 0 Å². The number of hydrogen-bond donors (Lipinski definition) is 0. The minimum Gasteiger partial charge on any atom is -0.359 e. The molecule has 0 atom stereocenters. The van der Waals surface area contributed by atoms with Crippen molar-refractivity contribution in [3.8, 4) is 0 Å². The fourth-order valence-electron chi connectivity index (χ4n) is 2.33. The highest BCUT2D eigenvalue weighted by Crippen LogP contribution is 2.19. The number of carbonyl (C=O) groups excluding carboxylic acids is 2. The number of non-ortho nitro benzene ring substituents is 2. The lowest BCUT2D eigenvalue weighted by atomic mass is 10.0. The van der Waals surface area contributed by atoms with E-state index in [1.807, 2.05) is 0 Å². The summed E-state index contributed by atoms with van der Waals surface area (Å²) >= 11 is 0. The van der Waals surface area contributed by atoms with E-state index in [4.69, 9.17) is 0 Å². The molecule has 0 spiro atoms. The first kappa shape index (κ1) is 18.3. The maximum Gasteiger partial charge on any atom is 0.300 e. The molecule has 2 aromatic carbocycles. The molecule has 3 rings (SSSR count). The molecular formula is C16H8N4O8. The molecular weight excluding hydrogens is 376 g/mol. The first-order chi connectivity index (χ1) is 13.3. The van der Waals surface area contributed by atoms with E-state index in [0.29, 0.717) is 0 Å². The Balaban J connectivity index is 1.97. The lowest BCUT2D eigenvalue weighted by Gasteiger charge is -2.00. The Labute approximate surface area is 154 Å². The zero-order valence-electron chi connectivity index (χ0n) is 13.7. The van der Waals surface area contributed by atoms with Crippen LogP contribution in [-0.4, -0.2) is 26.6 Å². The first-order valence-electron chi connectivity index (χ1n) is 7.47.